The van der Waals surface area contributed by atoms with Gasteiger partial charge in [-0.05, 0) is 24.8 Å². The standard InChI is InChI=1S/C15H20O3/c1-3-11-7-6-8-12(13(11)18-2)15(14(16)17)9-4-5-10-15/h6-8H,3-5,9-10H2,1-2H3,(H,16,17). The Morgan fingerprint density at radius 3 is 2.56 bits per heavy atom. The van der Waals surface area contributed by atoms with Gasteiger partial charge in [0, 0.05) is 5.56 Å². The molecule has 98 valence electrons. The van der Waals surface area contributed by atoms with Crippen molar-refractivity contribution in [1.82, 2.24) is 0 Å². The number of aryl methyl sites for hydroxylation is 1. The molecule has 3 nitrogen and oxygen atoms in total. The molecule has 1 fully saturated rings. The third kappa shape index (κ3) is 1.88. The number of aliphatic carboxylic acids is 1. The summed E-state index contributed by atoms with van der Waals surface area (Å²) in [7, 11) is 1.63. The highest BCUT2D eigenvalue weighted by Gasteiger charge is 2.45. The van der Waals surface area contributed by atoms with Crippen LogP contribution in [0.1, 0.15) is 43.7 Å². The van der Waals surface area contributed by atoms with Crippen LogP contribution >= 0.6 is 0 Å². The van der Waals surface area contributed by atoms with Gasteiger partial charge < -0.3 is 9.84 Å². The van der Waals surface area contributed by atoms with E-state index in [4.69, 9.17) is 4.74 Å². The van der Waals surface area contributed by atoms with Crippen molar-refractivity contribution in [2.75, 3.05) is 7.11 Å². The van der Waals surface area contributed by atoms with Gasteiger partial charge in [-0.25, -0.2) is 0 Å². The van der Waals surface area contributed by atoms with Crippen LogP contribution in [-0.4, -0.2) is 18.2 Å². The zero-order valence-corrected chi connectivity index (χ0v) is 11.0. The number of benzene rings is 1. The van der Waals surface area contributed by atoms with E-state index in [0.717, 1.165) is 36.1 Å². The fourth-order valence-corrected chi connectivity index (χ4v) is 3.06. The Balaban J connectivity index is 2.58. The Bertz CT molecular complexity index is 445. The van der Waals surface area contributed by atoms with E-state index in [0.29, 0.717) is 12.8 Å². The number of carbonyl (C=O) groups is 1. The third-order valence-corrected chi connectivity index (χ3v) is 4.06. The largest absolute Gasteiger partial charge is 0.496 e. The minimum Gasteiger partial charge on any atom is -0.496 e. The first-order valence-corrected chi connectivity index (χ1v) is 6.55. The van der Waals surface area contributed by atoms with Gasteiger partial charge in [0.1, 0.15) is 5.75 Å². The number of carboxylic acid groups (broad SMARTS) is 1. The summed E-state index contributed by atoms with van der Waals surface area (Å²) in [4.78, 5) is 11.7. The summed E-state index contributed by atoms with van der Waals surface area (Å²) in [6.45, 7) is 2.06. The van der Waals surface area contributed by atoms with Crippen LogP contribution in [0.3, 0.4) is 0 Å². The highest BCUT2D eigenvalue weighted by atomic mass is 16.5. The zero-order chi connectivity index (χ0) is 13.2. The second-order valence-corrected chi connectivity index (χ2v) is 4.95. The maximum atomic E-state index is 11.7. The molecule has 3 heteroatoms. The van der Waals surface area contributed by atoms with Crippen LogP contribution < -0.4 is 4.74 Å². The highest BCUT2D eigenvalue weighted by Crippen LogP contribution is 2.45. The molecule has 1 aromatic carbocycles. The Kier molecular flexibility index (Phi) is 3.60. The van der Waals surface area contributed by atoms with Gasteiger partial charge in [-0.3, -0.25) is 4.79 Å². The van der Waals surface area contributed by atoms with Gasteiger partial charge in [0.2, 0.25) is 0 Å². The Hall–Kier alpha value is -1.51. The molecule has 0 atom stereocenters. The van der Waals surface area contributed by atoms with Gasteiger partial charge in [-0.1, -0.05) is 38.0 Å². The average Bonchev–Trinajstić information content (AvgIpc) is 2.88. The summed E-state index contributed by atoms with van der Waals surface area (Å²) >= 11 is 0. The molecule has 0 bridgehead atoms. The molecule has 1 N–H and O–H groups in total. The highest BCUT2D eigenvalue weighted by molar-refractivity contribution is 5.83. The maximum absolute atomic E-state index is 11.7. The second-order valence-electron chi connectivity index (χ2n) is 4.95. The van der Waals surface area contributed by atoms with Gasteiger partial charge in [0.05, 0.1) is 12.5 Å². The molecule has 1 aliphatic rings. The molecule has 1 aliphatic carbocycles. The predicted octanol–water partition coefficient (Wildman–Crippen LogP) is 3.15. The average molecular weight is 248 g/mol. The monoisotopic (exact) mass is 248 g/mol. The topological polar surface area (TPSA) is 46.5 Å². The molecule has 1 aromatic rings. The van der Waals surface area contributed by atoms with E-state index in [1.54, 1.807) is 7.11 Å². The molecule has 0 amide bonds. The molecule has 0 unspecified atom stereocenters. The first kappa shape index (κ1) is 12.9. The molecule has 1 saturated carbocycles. The van der Waals surface area contributed by atoms with Gasteiger partial charge >= 0.3 is 5.97 Å². The van der Waals surface area contributed by atoms with Crippen molar-refractivity contribution in [2.45, 2.75) is 44.4 Å². The fourth-order valence-electron chi connectivity index (χ4n) is 3.06. The van der Waals surface area contributed by atoms with Crippen LogP contribution in [0.2, 0.25) is 0 Å². The van der Waals surface area contributed by atoms with Crippen LogP contribution in [0.4, 0.5) is 0 Å². The first-order chi connectivity index (χ1) is 8.65. The molecule has 0 heterocycles. The van der Waals surface area contributed by atoms with Gasteiger partial charge in [-0.2, -0.15) is 0 Å². The molecule has 0 radical (unpaired) electrons. The van der Waals surface area contributed by atoms with Crippen LogP contribution in [0.15, 0.2) is 18.2 Å². The van der Waals surface area contributed by atoms with E-state index in [-0.39, 0.29) is 0 Å². The SMILES string of the molecule is CCc1cccc(C2(C(=O)O)CCCC2)c1OC. The molecule has 0 saturated heterocycles. The van der Waals surface area contributed by atoms with Gasteiger partial charge in [0.15, 0.2) is 0 Å². The van der Waals surface area contributed by atoms with E-state index >= 15 is 0 Å². The molecular formula is C15H20O3. The molecule has 0 spiro atoms. The lowest BCUT2D eigenvalue weighted by Gasteiger charge is -2.27. The predicted molar refractivity (Wildman–Crippen MR) is 70.2 cm³/mol. The zero-order valence-electron chi connectivity index (χ0n) is 11.0. The van der Waals surface area contributed by atoms with Crippen molar-refractivity contribution >= 4 is 5.97 Å². The fraction of sp³-hybridized carbons (Fsp3) is 0.533. The number of carboxylic acids is 1. The number of para-hydroxylation sites is 1. The van der Waals surface area contributed by atoms with Crippen LogP contribution in [0.25, 0.3) is 0 Å². The van der Waals surface area contributed by atoms with Crippen molar-refractivity contribution in [2.24, 2.45) is 0 Å². The molecule has 2 rings (SSSR count). The number of hydrogen-bond acceptors (Lipinski definition) is 2. The Labute approximate surface area is 108 Å². The summed E-state index contributed by atoms with van der Waals surface area (Å²) in [5.41, 5.74) is 1.20. The minimum absolute atomic E-state index is 0.714. The lowest BCUT2D eigenvalue weighted by Crippen LogP contribution is -2.33. The lowest BCUT2D eigenvalue weighted by molar-refractivity contribution is -0.143. The van der Waals surface area contributed by atoms with Crippen molar-refractivity contribution in [3.63, 3.8) is 0 Å². The van der Waals surface area contributed by atoms with Crippen molar-refractivity contribution in [1.29, 1.82) is 0 Å². The minimum atomic E-state index is -0.740. The first-order valence-electron chi connectivity index (χ1n) is 6.55. The van der Waals surface area contributed by atoms with Gasteiger partial charge in [-0.15, -0.1) is 0 Å². The Morgan fingerprint density at radius 2 is 2.06 bits per heavy atom. The number of methoxy groups -OCH3 is 1. The summed E-state index contributed by atoms with van der Waals surface area (Å²) in [5.74, 6) is 0.0517. The van der Waals surface area contributed by atoms with Crippen molar-refractivity contribution in [3.8, 4) is 5.75 Å². The smallest absolute Gasteiger partial charge is 0.314 e. The lowest BCUT2D eigenvalue weighted by atomic mass is 9.77. The van der Waals surface area contributed by atoms with E-state index in [1.807, 2.05) is 18.2 Å². The maximum Gasteiger partial charge on any atom is 0.314 e. The number of hydrogen-bond donors (Lipinski definition) is 1. The van der Waals surface area contributed by atoms with Crippen molar-refractivity contribution < 1.29 is 14.6 Å². The molecule has 0 aliphatic heterocycles. The number of ether oxygens (including phenoxy) is 1. The third-order valence-electron chi connectivity index (χ3n) is 4.06. The van der Waals surface area contributed by atoms with Gasteiger partial charge in [0.25, 0.3) is 0 Å². The van der Waals surface area contributed by atoms with E-state index in [1.165, 1.54) is 0 Å². The van der Waals surface area contributed by atoms with Crippen LogP contribution in [0, 0.1) is 0 Å². The molecule has 0 aromatic heterocycles. The second kappa shape index (κ2) is 5.01. The van der Waals surface area contributed by atoms with E-state index in [9.17, 15) is 9.90 Å². The van der Waals surface area contributed by atoms with Crippen LogP contribution in [-0.2, 0) is 16.6 Å². The van der Waals surface area contributed by atoms with E-state index in [2.05, 4.69) is 6.92 Å². The number of rotatable bonds is 4. The quantitative estimate of drug-likeness (QED) is 0.890. The van der Waals surface area contributed by atoms with Crippen LogP contribution in [0.5, 0.6) is 5.75 Å². The van der Waals surface area contributed by atoms with E-state index < -0.39 is 11.4 Å². The normalized spacial score (nSPS) is 17.7. The summed E-state index contributed by atoms with van der Waals surface area (Å²) in [6.07, 6.45) is 4.24. The van der Waals surface area contributed by atoms with Crippen molar-refractivity contribution in [3.05, 3.63) is 29.3 Å². The summed E-state index contributed by atoms with van der Waals surface area (Å²) in [6, 6.07) is 5.87. The Morgan fingerprint density at radius 1 is 1.39 bits per heavy atom. The molecule has 18 heavy (non-hydrogen) atoms. The summed E-state index contributed by atoms with van der Waals surface area (Å²) < 4.78 is 5.49. The molecular weight excluding hydrogens is 228 g/mol. The summed E-state index contributed by atoms with van der Waals surface area (Å²) in [5, 5.41) is 9.65.